The van der Waals surface area contributed by atoms with E-state index in [1.54, 1.807) is 0 Å². The van der Waals surface area contributed by atoms with Crippen LogP contribution >= 0.6 is 0 Å². The molecule has 0 radical (unpaired) electrons. The highest BCUT2D eigenvalue weighted by Gasteiger charge is 2.32. The van der Waals surface area contributed by atoms with Crippen LogP contribution in [0.15, 0.2) is 18.2 Å². The summed E-state index contributed by atoms with van der Waals surface area (Å²) < 4.78 is 5.74. The van der Waals surface area contributed by atoms with E-state index in [9.17, 15) is 0 Å². The van der Waals surface area contributed by atoms with Crippen molar-refractivity contribution in [2.75, 3.05) is 6.61 Å². The maximum Gasteiger partial charge on any atom is 0.123 e. The molecule has 2 rings (SSSR count). The molecule has 2 heteroatoms. The molecule has 0 spiro atoms. The molecule has 0 saturated heterocycles. The molecule has 2 nitrogen and oxygen atoms in total. The maximum atomic E-state index is 6.38. The third-order valence-electron chi connectivity index (χ3n) is 4.62. The van der Waals surface area contributed by atoms with Crippen molar-refractivity contribution in [1.29, 1.82) is 0 Å². The summed E-state index contributed by atoms with van der Waals surface area (Å²) in [6.07, 6.45) is 9.04. The van der Waals surface area contributed by atoms with Crippen LogP contribution in [0.5, 0.6) is 5.75 Å². The second kappa shape index (κ2) is 7.31. The monoisotopic (exact) mass is 289 g/mol. The highest BCUT2D eigenvalue weighted by Crippen LogP contribution is 2.39. The lowest BCUT2D eigenvalue weighted by Gasteiger charge is -2.18. The van der Waals surface area contributed by atoms with Crippen LogP contribution in [0.3, 0.4) is 0 Å². The van der Waals surface area contributed by atoms with Gasteiger partial charge in [-0.25, -0.2) is 0 Å². The van der Waals surface area contributed by atoms with Crippen LogP contribution in [-0.4, -0.2) is 6.61 Å². The summed E-state index contributed by atoms with van der Waals surface area (Å²) in [5, 5.41) is 0. The molecule has 2 N–H and O–H groups in total. The molecule has 1 aliphatic heterocycles. The first-order valence-electron chi connectivity index (χ1n) is 8.57. The van der Waals surface area contributed by atoms with Crippen LogP contribution < -0.4 is 10.5 Å². The molecule has 1 atom stereocenters. The summed E-state index contributed by atoms with van der Waals surface area (Å²) in [6, 6.07) is 6.67. The molecule has 1 aromatic carbocycles. The van der Waals surface area contributed by atoms with Crippen molar-refractivity contribution in [3.05, 3.63) is 29.3 Å². The number of hydrogen-bond donors (Lipinski definition) is 1. The normalized spacial score (nSPS) is 17.3. The Balaban J connectivity index is 1.85. The Morgan fingerprint density at radius 1 is 1.14 bits per heavy atom. The van der Waals surface area contributed by atoms with Crippen molar-refractivity contribution in [3.63, 3.8) is 0 Å². The molecule has 0 fully saturated rings. The summed E-state index contributed by atoms with van der Waals surface area (Å²) in [4.78, 5) is 0. The van der Waals surface area contributed by atoms with Crippen molar-refractivity contribution in [2.24, 2.45) is 5.73 Å². The summed E-state index contributed by atoms with van der Waals surface area (Å²) in [5.74, 6) is 1.04. The Morgan fingerprint density at radius 2 is 1.86 bits per heavy atom. The van der Waals surface area contributed by atoms with E-state index < -0.39 is 0 Å². The van der Waals surface area contributed by atoms with Crippen molar-refractivity contribution >= 4 is 0 Å². The quantitative estimate of drug-likeness (QED) is 0.675. The van der Waals surface area contributed by atoms with Crippen LogP contribution in [0, 0.1) is 0 Å². The van der Waals surface area contributed by atoms with Crippen molar-refractivity contribution in [1.82, 2.24) is 0 Å². The van der Waals surface area contributed by atoms with Gasteiger partial charge in [0.15, 0.2) is 0 Å². The molecule has 118 valence electrons. The van der Waals surface area contributed by atoms with E-state index in [1.165, 1.54) is 49.7 Å². The van der Waals surface area contributed by atoms with Gasteiger partial charge in [0, 0.05) is 17.0 Å². The Labute approximate surface area is 130 Å². The lowest BCUT2D eigenvalue weighted by molar-refractivity contribution is 0.291. The Morgan fingerprint density at radius 3 is 2.62 bits per heavy atom. The van der Waals surface area contributed by atoms with E-state index in [-0.39, 0.29) is 11.5 Å². The third kappa shape index (κ3) is 4.23. The maximum absolute atomic E-state index is 6.38. The first-order chi connectivity index (χ1) is 10.0. The second-order valence-corrected chi connectivity index (χ2v) is 7.09. The number of benzene rings is 1. The molecule has 1 aromatic rings. The minimum atomic E-state index is 0.116. The van der Waals surface area contributed by atoms with Gasteiger partial charge in [-0.15, -0.1) is 0 Å². The fourth-order valence-corrected chi connectivity index (χ4v) is 3.08. The van der Waals surface area contributed by atoms with Gasteiger partial charge in [-0.3, -0.25) is 0 Å². The zero-order valence-corrected chi connectivity index (χ0v) is 14.0. The topological polar surface area (TPSA) is 35.2 Å². The van der Waals surface area contributed by atoms with Crippen LogP contribution in [0.4, 0.5) is 0 Å². The lowest BCUT2D eigenvalue weighted by atomic mass is 9.85. The van der Waals surface area contributed by atoms with Gasteiger partial charge in [0.1, 0.15) is 5.75 Å². The van der Waals surface area contributed by atoms with Gasteiger partial charge >= 0.3 is 0 Å². The second-order valence-electron chi connectivity index (χ2n) is 7.09. The number of rotatable bonds is 8. The molecule has 1 heterocycles. The minimum absolute atomic E-state index is 0.116. The van der Waals surface area contributed by atoms with E-state index in [4.69, 9.17) is 10.5 Å². The van der Waals surface area contributed by atoms with Crippen molar-refractivity contribution in [2.45, 2.75) is 77.2 Å². The summed E-state index contributed by atoms with van der Waals surface area (Å²) in [5.41, 5.74) is 9.08. The molecule has 0 aliphatic carbocycles. The highest BCUT2D eigenvalue weighted by atomic mass is 16.5. The third-order valence-corrected chi connectivity index (χ3v) is 4.62. The largest absolute Gasteiger partial charge is 0.492 e. The van der Waals surface area contributed by atoms with Gasteiger partial charge in [-0.05, 0) is 24.1 Å². The molecule has 1 unspecified atom stereocenters. The summed E-state index contributed by atoms with van der Waals surface area (Å²) in [6.45, 7) is 7.51. The van der Waals surface area contributed by atoms with Crippen LogP contribution in [0.2, 0.25) is 0 Å². The number of unbranched alkanes of at least 4 members (excludes halogenated alkanes) is 5. The first-order valence-corrected chi connectivity index (χ1v) is 8.57. The zero-order valence-electron chi connectivity index (χ0n) is 14.0. The number of hydrogen-bond acceptors (Lipinski definition) is 2. The van der Waals surface area contributed by atoms with Gasteiger partial charge in [0.25, 0.3) is 0 Å². The molecule has 0 amide bonds. The highest BCUT2D eigenvalue weighted by molar-refractivity contribution is 5.45. The Kier molecular flexibility index (Phi) is 5.69. The number of ether oxygens (including phenoxy) is 1. The molecule has 0 aromatic heterocycles. The summed E-state index contributed by atoms with van der Waals surface area (Å²) in [7, 11) is 0. The predicted octanol–water partition coefficient (Wildman–Crippen LogP) is 5.11. The van der Waals surface area contributed by atoms with Crippen LogP contribution in [0.1, 0.15) is 82.9 Å². The zero-order chi connectivity index (χ0) is 15.3. The Bertz CT molecular complexity index is 453. The van der Waals surface area contributed by atoms with E-state index in [0.29, 0.717) is 0 Å². The van der Waals surface area contributed by atoms with Gasteiger partial charge in [0.2, 0.25) is 0 Å². The Hall–Kier alpha value is -1.02. The van der Waals surface area contributed by atoms with Crippen LogP contribution in [0.25, 0.3) is 0 Å². The van der Waals surface area contributed by atoms with E-state index in [0.717, 1.165) is 18.8 Å². The van der Waals surface area contributed by atoms with Crippen molar-refractivity contribution in [3.8, 4) is 5.75 Å². The fraction of sp³-hybridized carbons (Fsp3) is 0.684. The predicted molar refractivity (Wildman–Crippen MR) is 89.9 cm³/mol. The smallest absolute Gasteiger partial charge is 0.123 e. The number of fused-ring (bicyclic) bond motifs is 1. The standard InChI is InChI=1S/C19H31NO/c1-4-5-6-7-8-9-10-17(20)15-11-12-18-16(13-15)19(2,3)14-21-18/h11-13,17H,4-10,14,20H2,1-3H3. The van der Waals surface area contributed by atoms with Gasteiger partial charge in [-0.1, -0.05) is 65.4 Å². The lowest BCUT2D eigenvalue weighted by Crippen LogP contribution is -2.19. The first kappa shape index (κ1) is 16.4. The average Bonchev–Trinajstić information content (AvgIpc) is 2.78. The SMILES string of the molecule is CCCCCCCCC(N)c1ccc2c(c1)C(C)(C)CO2. The molecule has 0 saturated carbocycles. The van der Waals surface area contributed by atoms with E-state index >= 15 is 0 Å². The number of nitrogens with two attached hydrogens (primary N) is 1. The van der Waals surface area contributed by atoms with Gasteiger partial charge in [-0.2, -0.15) is 0 Å². The van der Waals surface area contributed by atoms with Gasteiger partial charge < -0.3 is 10.5 Å². The molecule has 1 aliphatic rings. The van der Waals surface area contributed by atoms with Crippen LogP contribution in [-0.2, 0) is 5.41 Å². The van der Waals surface area contributed by atoms with Gasteiger partial charge in [0.05, 0.1) is 6.61 Å². The van der Waals surface area contributed by atoms with Crippen molar-refractivity contribution < 1.29 is 4.74 Å². The average molecular weight is 289 g/mol. The van der Waals surface area contributed by atoms with E-state index in [2.05, 4.69) is 39.0 Å². The fourth-order valence-electron chi connectivity index (χ4n) is 3.08. The molecular weight excluding hydrogens is 258 g/mol. The molecule has 0 bridgehead atoms. The summed E-state index contributed by atoms with van der Waals surface area (Å²) >= 11 is 0. The van der Waals surface area contributed by atoms with E-state index in [1.807, 2.05) is 0 Å². The minimum Gasteiger partial charge on any atom is -0.492 e. The molecular formula is C19H31NO. The molecule has 21 heavy (non-hydrogen) atoms.